The lowest BCUT2D eigenvalue weighted by Gasteiger charge is -2.24. The minimum Gasteiger partial charge on any atom is -0.482 e. The van der Waals surface area contributed by atoms with Gasteiger partial charge in [-0.05, 0) is 37.3 Å². The number of aliphatic carboxylic acids is 1. The van der Waals surface area contributed by atoms with E-state index in [9.17, 15) is 9.59 Å². The summed E-state index contributed by atoms with van der Waals surface area (Å²) in [5.41, 5.74) is 0.547. The molecule has 0 spiro atoms. The van der Waals surface area contributed by atoms with E-state index in [2.05, 4.69) is 0 Å². The lowest BCUT2D eigenvalue weighted by Crippen LogP contribution is -2.36. The van der Waals surface area contributed by atoms with Crippen LogP contribution in [0.1, 0.15) is 23.2 Å². The van der Waals surface area contributed by atoms with Crippen LogP contribution in [0.2, 0.25) is 0 Å². The van der Waals surface area contributed by atoms with E-state index in [-0.39, 0.29) is 11.9 Å². The Balaban J connectivity index is 2.08. The standard InChI is InChI=1S/C15H19NO4S/c1-21-10-12-5-3-7-16(12)15(19)11-4-2-6-13(8-11)20-9-14(17)18/h2,4,6,8,12H,3,5,7,9-10H2,1H3,(H,17,18). The first-order valence-electron chi connectivity index (χ1n) is 6.86. The van der Waals surface area contributed by atoms with Gasteiger partial charge in [-0.2, -0.15) is 11.8 Å². The number of hydrogen-bond acceptors (Lipinski definition) is 4. The lowest BCUT2D eigenvalue weighted by atomic mass is 10.1. The number of carboxylic acids is 1. The predicted octanol–water partition coefficient (Wildman–Crippen LogP) is 2.12. The van der Waals surface area contributed by atoms with Crippen LogP contribution in [0.5, 0.6) is 5.75 Å². The number of benzene rings is 1. The number of ether oxygens (including phenoxy) is 1. The van der Waals surface area contributed by atoms with Gasteiger partial charge in [0.15, 0.2) is 6.61 Å². The third-order valence-electron chi connectivity index (χ3n) is 3.44. The van der Waals surface area contributed by atoms with E-state index in [0.29, 0.717) is 11.3 Å². The number of nitrogens with zero attached hydrogens (tertiary/aromatic N) is 1. The molecule has 1 aromatic carbocycles. The van der Waals surface area contributed by atoms with Crippen LogP contribution in [-0.2, 0) is 4.79 Å². The molecule has 1 unspecified atom stereocenters. The predicted molar refractivity (Wildman–Crippen MR) is 82.0 cm³/mol. The van der Waals surface area contributed by atoms with Crippen molar-refractivity contribution < 1.29 is 19.4 Å². The molecule has 6 heteroatoms. The molecule has 114 valence electrons. The molecule has 0 aliphatic carbocycles. The Hall–Kier alpha value is -1.69. The van der Waals surface area contributed by atoms with Crippen molar-refractivity contribution in [2.24, 2.45) is 0 Å². The summed E-state index contributed by atoms with van der Waals surface area (Å²) in [7, 11) is 0. The molecule has 1 aliphatic heterocycles. The van der Waals surface area contributed by atoms with Gasteiger partial charge < -0.3 is 14.7 Å². The Morgan fingerprint density at radius 2 is 2.29 bits per heavy atom. The summed E-state index contributed by atoms with van der Waals surface area (Å²) in [4.78, 5) is 25.0. The van der Waals surface area contributed by atoms with E-state index in [0.717, 1.165) is 25.1 Å². The minimum absolute atomic E-state index is 0.00711. The summed E-state index contributed by atoms with van der Waals surface area (Å²) in [5, 5.41) is 8.62. The van der Waals surface area contributed by atoms with Crippen LogP contribution < -0.4 is 4.74 Å². The van der Waals surface area contributed by atoms with Gasteiger partial charge in [0.25, 0.3) is 5.91 Å². The highest BCUT2D eigenvalue weighted by Crippen LogP contribution is 2.24. The van der Waals surface area contributed by atoms with E-state index in [1.807, 2.05) is 11.2 Å². The molecule has 1 amide bonds. The summed E-state index contributed by atoms with van der Waals surface area (Å²) in [6.07, 6.45) is 4.12. The second-order valence-corrected chi connectivity index (χ2v) is 5.87. The summed E-state index contributed by atoms with van der Waals surface area (Å²) >= 11 is 1.75. The molecule has 5 nitrogen and oxygen atoms in total. The molecule has 1 N–H and O–H groups in total. The highest BCUT2D eigenvalue weighted by molar-refractivity contribution is 7.98. The second-order valence-electron chi connectivity index (χ2n) is 4.96. The number of hydrogen-bond donors (Lipinski definition) is 1. The number of likely N-dealkylation sites (tertiary alicyclic amines) is 1. The minimum atomic E-state index is -1.04. The number of thioether (sulfide) groups is 1. The molecule has 0 saturated carbocycles. The first-order chi connectivity index (χ1) is 10.1. The third kappa shape index (κ3) is 4.14. The Morgan fingerprint density at radius 3 is 3.00 bits per heavy atom. The van der Waals surface area contributed by atoms with Crippen molar-refractivity contribution in [3.8, 4) is 5.75 Å². The van der Waals surface area contributed by atoms with Gasteiger partial charge >= 0.3 is 5.97 Å². The molecular weight excluding hydrogens is 290 g/mol. The summed E-state index contributed by atoms with van der Waals surface area (Å²) in [6, 6.07) is 7.01. The van der Waals surface area contributed by atoms with Gasteiger partial charge in [-0.1, -0.05) is 6.07 Å². The van der Waals surface area contributed by atoms with E-state index in [1.54, 1.807) is 36.0 Å². The van der Waals surface area contributed by atoms with Crippen LogP contribution in [-0.4, -0.2) is 53.1 Å². The van der Waals surface area contributed by atoms with Gasteiger partial charge in [0.2, 0.25) is 0 Å². The Labute approximate surface area is 128 Å². The lowest BCUT2D eigenvalue weighted by molar-refractivity contribution is -0.139. The molecule has 0 radical (unpaired) electrons. The van der Waals surface area contributed by atoms with Crippen molar-refractivity contribution in [2.45, 2.75) is 18.9 Å². The highest BCUT2D eigenvalue weighted by Gasteiger charge is 2.29. The highest BCUT2D eigenvalue weighted by atomic mass is 32.2. The van der Waals surface area contributed by atoms with Crippen LogP contribution in [0.25, 0.3) is 0 Å². The van der Waals surface area contributed by atoms with E-state index in [4.69, 9.17) is 9.84 Å². The molecule has 1 heterocycles. The van der Waals surface area contributed by atoms with Gasteiger partial charge in [-0.3, -0.25) is 4.79 Å². The Kier molecular flexibility index (Phi) is 5.50. The van der Waals surface area contributed by atoms with Gasteiger partial charge in [-0.25, -0.2) is 4.79 Å². The van der Waals surface area contributed by atoms with E-state index >= 15 is 0 Å². The summed E-state index contributed by atoms with van der Waals surface area (Å²) in [6.45, 7) is 0.376. The Morgan fingerprint density at radius 1 is 1.48 bits per heavy atom. The van der Waals surface area contributed by atoms with Crippen molar-refractivity contribution in [2.75, 3.05) is 25.2 Å². The Bertz CT molecular complexity index is 520. The molecular formula is C15H19NO4S. The monoisotopic (exact) mass is 309 g/mol. The van der Waals surface area contributed by atoms with Gasteiger partial charge in [0.05, 0.1) is 0 Å². The molecule has 1 aliphatic rings. The molecule has 2 rings (SSSR count). The fourth-order valence-electron chi connectivity index (χ4n) is 2.50. The number of amides is 1. The van der Waals surface area contributed by atoms with Crippen LogP contribution in [0.4, 0.5) is 0 Å². The van der Waals surface area contributed by atoms with Crippen molar-refractivity contribution in [3.05, 3.63) is 29.8 Å². The SMILES string of the molecule is CSCC1CCCN1C(=O)c1cccc(OCC(=O)O)c1. The number of carbonyl (C=O) groups is 2. The fraction of sp³-hybridized carbons (Fsp3) is 0.467. The molecule has 0 aromatic heterocycles. The van der Waals surface area contributed by atoms with Crippen LogP contribution >= 0.6 is 11.8 Å². The number of carboxylic acid groups (broad SMARTS) is 1. The average molecular weight is 309 g/mol. The van der Waals surface area contributed by atoms with Gasteiger partial charge in [0.1, 0.15) is 5.75 Å². The average Bonchev–Trinajstić information content (AvgIpc) is 2.93. The van der Waals surface area contributed by atoms with Crippen molar-refractivity contribution in [1.82, 2.24) is 4.90 Å². The normalized spacial score (nSPS) is 17.8. The molecule has 1 aromatic rings. The molecule has 0 bridgehead atoms. The van der Waals surface area contributed by atoms with Crippen LogP contribution in [0.15, 0.2) is 24.3 Å². The van der Waals surface area contributed by atoms with Crippen molar-refractivity contribution >= 4 is 23.6 Å². The van der Waals surface area contributed by atoms with E-state index in [1.165, 1.54) is 0 Å². The zero-order valence-electron chi connectivity index (χ0n) is 11.9. The third-order valence-corrected chi connectivity index (χ3v) is 4.16. The fourth-order valence-corrected chi connectivity index (χ4v) is 3.23. The second kappa shape index (κ2) is 7.36. The molecule has 21 heavy (non-hydrogen) atoms. The summed E-state index contributed by atoms with van der Waals surface area (Å²) in [5.74, 6) is 0.309. The van der Waals surface area contributed by atoms with Crippen molar-refractivity contribution in [1.29, 1.82) is 0 Å². The molecule has 1 fully saturated rings. The number of carbonyl (C=O) groups excluding carboxylic acids is 1. The first kappa shape index (κ1) is 15.7. The maximum atomic E-state index is 12.6. The van der Waals surface area contributed by atoms with Gasteiger partial charge in [-0.15, -0.1) is 0 Å². The molecule has 1 saturated heterocycles. The maximum Gasteiger partial charge on any atom is 0.341 e. The zero-order chi connectivity index (χ0) is 15.2. The number of rotatable bonds is 6. The zero-order valence-corrected chi connectivity index (χ0v) is 12.8. The first-order valence-corrected chi connectivity index (χ1v) is 8.25. The largest absolute Gasteiger partial charge is 0.482 e. The smallest absolute Gasteiger partial charge is 0.341 e. The van der Waals surface area contributed by atoms with Crippen LogP contribution in [0, 0.1) is 0 Å². The quantitative estimate of drug-likeness (QED) is 0.872. The molecule has 1 atom stereocenters. The maximum absolute atomic E-state index is 12.6. The van der Waals surface area contributed by atoms with Crippen molar-refractivity contribution in [3.63, 3.8) is 0 Å². The van der Waals surface area contributed by atoms with E-state index < -0.39 is 12.6 Å². The topological polar surface area (TPSA) is 66.8 Å². The summed E-state index contributed by atoms with van der Waals surface area (Å²) < 4.78 is 5.12. The van der Waals surface area contributed by atoms with Gasteiger partial charge in [0, 0.05) is 23.9 Å². The van der Waals surface area contributed by atoms with Crippen LogP contribution in [0.3, 0.4) is 0 Å².